The summed E-state index contributed by atoms with van der Waals surface area (Å²) >= 11 is 0. The minimum absolute atomic E-state index is 0.174. The molecule has 2 aromatic rings. The third kappa shape index (κ3) is 4.44. The summed E-state index contributed by atoms with van der Waals surface area (Å²) in [6, 6.07) is 7.78. The third-order valence-electron chi connectivity index (χ3n) is 5.55. The number of hydrogen-bond acceptors (Lipinski definition) is 4. The Morgan fingerprint density at radius 2 is 1.90 bits per heavy atom. The molecule has 2 aromatic carbocycles. The molecule has 0 heterocycles. The number of aryl methyl sites for hydroxylation is 1. The molecule has 0 aliphatic heterocycles. The second-order valence-electron chi connectivity index (χ2n) is 7.93. The summed E-state index contributed by atoms with van der Waals surface area (Å²) in [6.07, 6.45) is 3.65. The molecule has 0 saturated carbocycles. The van der Waals surface area contributed by atoms with E-state index in [9.17, 15) is 14.7 Å². The summed E-state index contributed by atoms with van der Waals surface area (Å²) in [5, 5.41) is 12.9. The van der Waals surface area contributed by atoms with E-state index >= 15 is 0 Å². The molecule has 0 fully saturated rings. The van der Waals surface area contributed by atoms with E-state index in [-0.39, 0.29) is 12.5 Å². The molecule has 0 saturated heterocycles. The number of phenols is 1. The van der Waals surface area contributed by atoms with Crippen molar-refractivity contribution in [1.29, 1.82) is 0 Å². The number of aromatic hydroxyl groups is 1. The molecule has 0 spiro atoms. The van der Waals surface area contributed by atoms with Crippen LogP contribution in [0.1, 0.15) is 66.5 Å². The van der Waals surface area contributed by atoms with Gasteiger partial charge in [0.15, 0.2) is 0 Å². The van der Waals surface area contributed by atoms with E-state index in [1.165, 1.54) is 11.1 Å². The van der Waals surface area contributed by atoms with E-state index in [2.05, 4.69) is 25.2 Å². The zero-order valence-electron chi connectivity index (χ0n) is 17.6. The lowest BCUT2D eigenvalue weighted by Crippen LogP contribution is -2.25. The van der Waals surface area contributed by atoms with Crippen molar-refractivity contribution in [2.75, 3.05) is 11.9 Å². The number of fused-ring (bicyclic) bond motifs is 1. The average molecular weight is 395 g/mol. The molecule has 0 atom stereocenters. The van der Waals surface area contributed by atoms with Crippen molar-refractivity contribution in [2.45, 2.75) is 59.3 Å². The molecule has 0 unspecified atom stereocenters. The number of rotatable bonds is 5. The highest BCUT2D eigenvalue weighted by atomic mass is 16.5. The molecule has 154 valence electrons. The lowest BCUT2D eigenvalue weighted by atomic mass is 9.90. The molecule has 5 heteroatoms. The van der Waals surface area contributed by atoms with Gasteiger partial charge in [0.1, 0.15) is 5.75 Å². The van der Waals surface area contributed by atoms with Crippen LogP contribution in [0.15, 0.2) is 24.3 Å². The van der Waals surface area contributed by atoms with Gasteiger partial charge in [-0.1, -0.05) is 26.0 Å². The Morgan fingerprint density at radius 3 is 2.59 bits per heavy atom. The van der Waals surface area contributed by atoms with Crippen LogP contribution in [0.4, 0.5) is 5.69 Å². The summed E-state index contributed by atoms with van der Waals surface area (Å²) in [6.45, 7) is 8.03. The van der Waals surface area contributed by atoms with Gasteiger partial charge in [-0.15, -0.1) is 0 Å². The highest BCUT2D eigenvalue weighted by Gasteiger charge is 2.24. The van der Waals surface area contributed by atoms with Crippen LogP contribution in [0.25, 0.3) is 0 Å². The first-order valence-electron chi connectivity index (χ1n) is 10.3. The SMILES string of the molecule is CCOC(=O)C(=O)Nc1cc(C)c(Cc2ccc(O)c(C(C)C)c2)c2c1CCC2. The average Bonchev–Trinajstić information content (AvgIpc) is 3.16. The van der Waals surface area contributed by atoms with Crippen LogP contribution in [-0.4, -0.2) is 23.6 Å². The number of esters is 1. The Hall–Kier alpha value is -2.82. The van der Waals surface area contributed by atoms with Gasteiger partial charge in [-0.2, -0.15) is 0 Å². The van der Waals surface area contributed by atoms with Crippen molar-refractivity contribution in [2.24, 2.45) is 0 Å². The fourth-order valence-corrected chi connectivity index (χ4v) is 4.11. The number of carbonyl (C=O) groups is 2. The van der Waals surface area contributed by atoms with E-state index in [1.54, 1.807) is 13.0 Å². The number of amides is 1. The number of ether oxygens (including phenoxy) is 1. The second kappa shape index (κ2) is 8.68. The smallest absolute Gasteiger partial charge is 0.397 e. The number of phenolic OH excluding ortho intramolecular Hbond substituents is 1. The normalized spacial score (nSPS) is 12.7. The maximum absolute atomic E-state index is 12.1. The Bertz CT molecular complexity index is 946. The Kier molecular flexibility index (Phi) is 6.26. The Morgan fingerprint density at radius 1 is 1.17 bits per heavy atom. The van der Waals surface area contributed by atoms with E-state index in [4.69, 9.17) is 4.74 Å². The number of benzene rings is 2. The molecule has 0 radical (unpaired) electrons. The van der Waals surface area contributed by atoms with Gasteiger partial charge < -0.3 is 15.2 Å². The topological polar surface area (TPSA) is 75.6 Å². The molecule has 0 aromatic heterocycles. The van der Waals surface area contributed by atoms with Gasteiger partial charge in [0.2, 0.25) is 0 Å². The van der Waals surface area contributed by atoms with Crippen molar-refractivity contribution in [1.82, 2.24) is 0 Å². The fraction of sp³-hybridized carbons (Fsp3) is 0.417. The van der Waals surface area contributed by atoms with Crippen molar-refractivity contribution in [3.63, 3.8) is 0 Å². The third-order valence-corrected chi connectivity index (χ3v) is 5.55. The molecule has 2 N–H and O–H groups in total. The summed E-state index contributed by atoms with van der Waals surface area (Å²) in [5.41, 5.74) is 7.57. The minimum atomic E-state index is -0.855. The fourth-order valence-electron chi connectivity index (χ4n) is 4.11. The molecule has 1 aliphatic carbocycles. The lowest BCUT2D eigenvalue weighted by Gasteiger charge is -2.18. The summed E-state index contributed by atoms with van der Waals surface area (Å²) in [7, 11) is 0. The van der Waals surface area contributed by atoms with Crippen molar-refractivity contribution in [3.05, 3.63) is 57.6 Å². The van der Waals surface area contributed by atoms with E-state index in [0.29, 0.717) is 11.4 Å². The first-order chi connectivity index (χ1) is 13.8. The minimum Gasteiger partial charge on any atom is -0.508 e. The molecular formula is C24H29NO4. The van der Waals surface area contributed by atoms with E-state index < -0.39 is 11.9 Å². The summed E-state index contributed by atoms with van der Waals surface area (Å²) in [4.78, 5) is 23.8. The zero-order valence-corrected chi connectivity index (χ0v) is 17.6. The predicted molar refractivity (Wildman–Crippen MR) is 113 cm³/mol. The van der Waals surface area contributed by atoms with Gasteiger partial charge >= 0.3 is 11.9 Å². The molecular weight excluding hydrogens is 366 g/mol. The van der Waals surface area contributed by atoms with Gasteiger partial charge in [-0.25, -0.2) is 4.79 Å². The quantitative estimate of drug-likeness (QED) is 0.581. The van der Waals surface area contributed by atoms with Crippen LogP contribution >= 0.6 is 0 Å². The Labute approximate surface area is 172 Å². The van der Waals surface area contributed by atoms with Crippen LogP contribution < -0.4 is 5.32 Å². The highest BCUT2D eigenvalue weighted by molar-refractivity contribution is 6.37. The number of anilines is 1. The maximum Gasteiger partial charge on any atom is 0.397 e. The summed E-state index contributed by atoms with van der Waals surface area (Å²) in [5.74, 6) is -0.996. The van der Waals surface area contributed by atoms with Gasteiger partial charge in [0, 0.05) is 5.69 Å². The van der Waals surface area contributed by atoms with Crippen LogP contribution in [0, 0.1) is 6.92 Å². The van der Waals surface area contributed by atoms with Crippen LogP contribution in [-0.2, 0) is 33.6 Å². The van der Waals surface area contributed by atoms with Crippen LogP contribution in [0.2, 0.25) is 0 Å². The first kappa shape index (κ1) is 20.9. The number of hydrogen-bond donors (Lipinski definition) is 2. The molecule has 1 aliphatic rings. The molecule has 29 heavy (non-hydrogen) atoms. The van der Waals surface area contributed by atoms with Crippen LogP contribution in [0.3, 0.4) is 0 Å². The molecule has 1 amide bonds. The molecule has 5 nitrogen and oxygen atoms in total. The zero-order chi connectivity index (χ0) is 21.1. The van der Waals surface area contributed by atoms with E-state index in [1.807, 2.05) is 19.1 Å². The van der Waals surface area contributed by atoms with Gasteiger partial charge in [-0.05, 0) is 91.0 Å². The van der Waals surface area contributed by atoms with Gasteiger partial charge in [-0.3, -0.25) is 4.79 Å². The molecule has 3 rings (SSSR count). The van der Waals surface area contributed by atoms with E-state index in [0.717, 1.165) is 47.9 Å². The highest BCUT2D eigenvalue weighted by Crippen LogP contribution is 2.36. The first-order valence-corrected chi connectivity index (χ1v) is 10.3. The molecule has 0 bridgehead atoms. The second-order valence-corrected chi connectivity index (χ2v) is 7.93. The largest absolute Gasteiger partial charge is 0.508 e. The lowest BCUT2D eigenvalue weighted by molar-refractivity contribution is -0.152. The van der Waals surface area contributed by atoms with Crippen LogP contribution in [0.5, 0.6) is 5.75 Å². The summed E-state index contributed by atoms with van der Waals surface area (Å²) < 4.78 is 4.80. The maximum atomic E-state index is 12.1. The van der Waals surface area contributed by atoms with Crippen molar-refractivity contribution >= 4 is 17.6 Å². The van der Waals surface area contributed by atoms with Crippen molar-refractivity contribution in [3.8, 4) is 5.75 Å². The van der Waals surface area contributed by atoms with Crippen molar-refractivity contribution < 1.29 is 19.4 Å². The van der Waals surface area contributed by atoms with Gasteiger partial charge in [0.05, 0.1) is 6.61 Å². The number of carbonyl (C=O) groups excluding carboxylic acids is 2. The number of nitrogens with one attached hydrogen (secondary N) is 1. The van der Waals surface area contributed by atoms with Gasteiger partial charge in [0.25, 0.3) is 0 Å². The Balaban J connectivity index is 1.92. The predicted octanol–water partition coefficient (Wildman–Crippen LogP) is 4.41. The monoisotopic (exact) mass is 395 g/mol. The standard InChI is InChI=1S/C24H29NO4/c1-5-29-24(28)23(27)25-21-11-15(4)20(17-7-6-8-18(17)21)13-16-9-10-22(26)19(12-16)14(2)3/h9-12,14,26H,5-8,13H2,1-4H3,(H,25,27).